The van der Waals surface area contributed by atoms with Crippen LogP contribution in [0.5, 0.6) is 0 Å². The zero-order chi connectivity index (χ0) is 16.2. The summed E-state index contributed by atoms with van der Waals surface area (Å²) in [7, 11) is 0. The molecular weight excluding hydrogens is 294 g/mol. The van der Waals surface area contributed by atoms with E-state index in [2.05, 4.69) is 5.32 Å². The van der Waals surface area contributed by atoms with Crippen LogP contribution in [0.2, 0.25) is 0 Å². The average molecular weight is 325 g/mol. The molecule has 1 saturated carbocycles. The van der Waals surface area contributed by atoms with Crippen LogP contribution in [0.4, 0.5) is 0 Å². The van der Waals surface area contributed by atoms with Crippen LogP contribution in [0, 0.1) is 5.92 Å². The van der Waals surface area contributed by atoms with E-state index >= 15 is 0 Å². The SMILES string of the molecule is C.C[C@H]1NCC(O)[C@@H](O)[C@H]1O.OCC1CCC(O)[C@H](O)[C@@H]1O. The minimum Gasteiger partial charge on any atom is -0.396 e. The Kier molecular flexibility index (Phi) is 9.60. The number of hydrogen-bond donors (Lipinski definition) is 8. The molecule has 2 rings (SSSR count). The summed E-state index contributed by atoms with van der Waals surface area (Å²) in [5.74, 6) is -0.284. The average Bonchev–Trinajstić information content (AvgIpc) is 2.48. The molecule has 1 aliphatic heterocycles. The first-order valence-electron chi connectivity index (χ1n) is 7.22. The van der Waals surface area contributed by atoms with Gasteiger partial charge in [0.1, 0.15) is 12.2 Å². The molecule has 0 aromatic heterocycles. The van der Waals surface area contributed by atoms with Gasteiger partial charge in [-0.3, -0.25) is 0 Å². The zero-order valence-corrected chi connectivity index (χ0v) is 12.1. The first kappa shape index (κ1) is 21.7. The van der Waals surface area contributed by atoms with E-state index in [9.17, 15) is 5.11 Å². The molecule has 134 valence electrons. The fourth-order valence-corrected chi connectivity index (χ4v) is 2.50. The molecule has 8 nitrogen and oxygen atoms in total. The van der Waals surface area contributed by atoms with E-state index in [0.29, 0.717) is 19.4 Å². The quantitative estimate of drug-likeness (QED) is 0.257. The lowest BCUT2D eigenvalue weighted by Crippen LogP contribution is -2.58. The molecule has 3 unspecified atom stereocenters. The van der Waals surface area contributed by atoms with Crippen molar-refractivity contribution in [3.8, 4) is 0 Å². The first-order valence-corrected chi connectivity index (χ1v) is 7.22. The topological polar surface area (TPSA) is 154 Å². The third-order valence-corrected chi connectivity index (χ3v) is 4.20. The van der Waals surface area contributed by atoms with Gasteiger partial charge in [-0.05, 0) is 19.8 Å². The molecule has 1 heterocycles. The molecule has 8 heteroatoms. The smallest absolute Gasteiger partial charge is 0.108 e. The number of nitrogens with one attached hydrogen (secondary N) is 1. The number of aliphatic hydroxyl groups excluding tert-OH is 7. The third-order valence-electron chi connectivity index (χ3n) is 4.20. The second-order valence-electron chi connectivity index (χ2n) is 5.81. The van der Waals surface area contributed by atoms with E-state index in [1.165, 1.54) is 0 Å². The van der Waals surface area contributed by atoms with Crippen molar-refractivity contribution >= 4 is 0 Å². The number of β-amino-alcohol motifs (C(OH)–C–C–N with tert-alkyl or cyclic N) is 1. The molecular formula is C14H31NO7. The number of aliphatic hydroxyl groups is 7. The van der Waals surface area contributed by atoms with Gasteiger partial charge in [0.15, 0.2) is 0 Å². The predicted molar refractivity (Wildman–Crippen MR) is 80.0 cm³/mol. The summed E-state index contributed by atoms with van der Waals surface area (Å²) in [6.07, 6.45) is -4.61. The predicted octanol–water partition coefficient (Wildman–Crippen LogP) is -2.83. The van der Waals surface area contributed by atoms with Crippen LogP contribution in [-0.2, 0) is 0 Å². The second-order valence-corrected chi connectivity index (χ2v) is 5.81. The van der Waals surface area contributed by atoms with E-state index in [-0.39, 0.29) is 26.0 Å². The number of piperidine rings is 1. The maximum atomic E-state index is 9.24. The van der Waals surface area contributed by atoms with Crippen molar-refractivity contribution in [2.75, 3.05) is 13.2 Å². The van der Waals surface area contributed by atoms with Crippen LogP contribution in [0.15, 0.2) is 0 Å². The molecule has 22 heavy (non-hydrogen) atoms. The van der Waals surface area contributed by atoms with Crippen LogP contribution >= 0.6 is 0 Å². The standard InChI is InChI=1S/C7H14O4.C6H13NO3.CH4/c8-3-4-1-2-5(9)7(11)6(4)10;1-3-5(9)6(10)4(8)2-7-3;/h4-11H,1-3H2;3-10H,2H2,1H3;1H4/t4?,5?,6-,7+;3-,4?,5+,6-;/m11./s1. The molecule has 0 aromatic rings. The molecule has 8 N–H and O–H groups in total. The second kappa shape index (κ2) is 9.74. The van der Waals surface area contributed by atoms with Crippen molar-refractivity contribution < 1.29 is 35.7 Å². The van der Waals surface area contributed by atoms with Gasteiger partial charge in [0.05, 0.1) is 24.4 Å². The summed E-state index contributed by atoms with van der Waals surface area (Å²) in [6, 6.07) is -0.140. The molecule has 1 saturated heterocycles. The van der Waals surface area contributed by atoms with Gasteiger partial charge in [-0.1, -0.05) is 7.43 Å². The third kappa shape index (κ3) is 5.39. The fourth-order valence-electron chi connectivity index (χ4n) is 2.50. The van der Waals surface area contributed by atoms with Crippen molar-refractivity contribution in [3.63, 3.8) is 0 Å². The van der Waals surface area contributed by atoms with Crippen LogP contribution in [-0.4, -0.2) is 91.6 Å². The lowest BCUT2D eigenvalue weighted by Gasteiger charge is -2.33. The Morgan fingerprint density at radius 2 is 1.36 bits per heavy atom. The highest BCUT2D eigenvalue weighted by molar-refractivity contribution is 4.89. The Morgan fingerprint density at radius 1 is 0.818 bits per heavy atom. The Bertz CT molecular complexity index is 291. The van der Waals surface area contributed by atoms with Gasteiger partial charge in [0.2, 0.25) is 0 Å². The van der Waals surface area contributed by atoms with Gasteiger partial charge in [-0.15, -0.1) is 0 Å². The fraction of sp³-hybridized carbons (Fsp3) is 1.00. The molecule has 8 atom stereocenters. The van der Waals surface area contributed by atoms with Crippen LogP contribution in [0.25, 0.3) is 0 Å². The minimum atomic E-state index is -1.10. The van der Waals surface area contributed by atoms with E-state index in [1.54, 1.807) is 6.92 Å². The summed E-state index contributed by atoms with van der Waals surface area (Å²) in [5.41, 5.74) is 0. The maximum absolute atomic E-state index is 9.24. The van der Waals surface area contributed by atoms with E-state index in [4.69, 9.17) is 30.6 Å². The molecule has 2 fully saturated rings. The molecule has 2 aliphatic rings. The van der Waals surface area contributed by atoms with E-state index < -0.39 is 36.6 Å². The first-order chi connectivity index (χ1) is 9.79. The monoisotopic (exact) mass is 325 g/mol. The Balaban J connectivity index is 0.000000385. The summed E-state index contributed by atoms with van der Waals surface area (Å²) in [4.78, 5) is 0. The summed E-state index contributed by atoms with van der Waals surface area (Å²) >= 11 is 0. The lowest BCUT2D eigenvalue weighted by molar-refractivity contribution is -0.118. The number of rotatable bonds is 1. The van der Waals surface area contributed by atoms with E-state index in [1.807, 2.05) is 0 Å². The van der Waals surface area contributed by atoms with Gasteiger partial charge in [-0.2, -0.15) is 0 Å². The van der Waals surface area contributed by atoms with Gasteiger partial charge < -0.3 is 41.1 Å². The van der Waals surface area contributed by atoms with Gasteiger partial charge >= 0.3 is 0 Å². The highest BCUT2D eigenvalue weighted by Gasteiger charge is 2.35. The Morgan fingerprint density at radius 3 is 1.86 bits per heavy atom. The van der Waals surface area contributed by atoms with Gasteiger partial charge in [-0.25, -0.2) is 0 Å². The highest BCUT2D eigenvalue weighted by Crippen LogP contribution is 2.24. The molecule has 0 bridgehead atoms. The normalized spacial score (nSPS) is 45.3. The van der Waals surface area contributed by atoms with Crippen molar-refractivity contribution in [2.45, 2.75) is 69.9 Å². The van der Waals surface area contributed by atoms with Crippen molar-refractivity contribution in [2.24, 2.45) is 5.92 Å². The largest absolute Gasteiger partial charge is 0.396 e. The highest BCUT2D eigenvalue weighted by atomic mass is 16.4. The van der Waals surface area contributed by atoms with Gasteiger partial charge in [0.25, 0.3) is 0 Å². The summed E-state index contributed by atoms with van der Waals surface area (Å²) in [6.45, 7) is 1.98. The Hall–Kier alpha value is -0.320. The minimum absolute atomic E-state index is 0. The van der Waals surface area contributed by atoms with Crippen molar-refractivity contribution in [3.05, 3.63) is 0 Å². The molecule has 0 spiro atoms. The molecule has 0 amide bonds. The van der Waals surface area contributed by atoms with Gasteiger partial charge in [0, 0.05) is 25.1 Å². The number of hydrogen-bond acceptors (Lipinski definition) is 8. The van der Waals surface area contributed by atoms with Crippen LogP contribution < -0.4 is 5.32 Å². The summed E-state index contributed by atoms with van der Waals surface area (Å²) < 4.78 is 0. The zero-order valence-electron chi connectivity index (χ0n) is 12.1. The molecule has 1 aliphatic carbocycles. The maximum Gasteiger partial charge on any atom is 0.108 e. The van der Waals surface area contributed by atoms with Crippen LogP contribution in [0.3, 0.4) is 0 Å². The van der Waals surface area contributed by atoms with Crippen molar-refractivity contribution in [1.29, 1.82) is 0 Å². The summed E-state index contributed by atoms with van der Waals surface area (Å²) in [5, 5.41) is 66.2. The van der Waals surface area contributed by atoms with Crippen molar-refractivity contribution in [1.82, 2.24) is 5.32 Å². The van der Waals surface area contributed by atoms with E-state index in [0.717, 1.165) is 0 Å². The molecule has 0 radical (unpaired) electrons. The van der Waals surface area contributed by atoms with Crippen LogP contribution in [0.1, 0.15) is 27.2 Å². The Labute approximate surface area is 131 Å². The molecule has 0 aromatic carbocycles. The lowest BCUT2D eigenvalue weighted by atomic mass is 9.83.